The zero-order chi connectivity index (χ0) is 16.3. The van der Waals surface area contributed by atoms with Crippen molar-refractivity contribution in [3.63, 3.8) is 0 Å². The van der Waals surface area contributed by atoms with E-state index in [2.05, 4.69) is 16.5 Å². The van der Waals surface area contributed by atoms with Gasteiger partial charge in [0.15, 0.2) is 0 Å². The van der Waals surface area contributed by atoms with Crippen LogP contribution in [0.1, 0.15) is 26.3 Å². The number of hydrogen-bond donors (Lipinski definition) is 0. The minimum atomic E-state index is -0.554. The van der Waals surface area contributed by atoms with Crippen molar-refractivity contribution in [3.8, 4) is 0 Å². The van der Waals surface area contributed by atoms with E-state index in [1.54, 1.807) is 4.90 Å². The number of amides is 1. The number of carbonyl (C=O) groups excluding carboxylic acids is 1. The predicted molar refractivity (Wildman–Crippen MR) is 82.2 cm³/mol. The number of anilines is 1. The number of carbonyl (C=O) groups is 1. The summed E-state index contributed by atoms with van der Waals surface area (Å²) in [4.78, 5) is 23.9. The highest BCUT2D eigenvalue weighted by Crippen LogP contribution is 2.16. The van der Waals surface area contributed by atoms with Gasteiger partial charge < -0.3 is 14.5 Å². The molecule has 0 N–H and O–H groups in total. The number of piperazine rings is 1. The van der Waals surface area contributed by atoms with Crippen LogP contribution in [0.4, 0.5) is 15.1 Å². The Morgan fingerprint density at radius 3 is 2.23 bits per heavy atom. The Balaban J connectivity index is 1.91. The molecule has 0 aliphatic carbocycles. The van der Waals surface area contributed by atoms with E-state index in [0.717, 1.165) is 0 Å². The van der Waals surface area contributed by atoms with Crippen LogP contribution < -0.4 is 4.90 Å². The normalized spacial score (nSPS) is 15.6. The zero-order valence-corrected chi connectivity index (χ0v) is 13.2. The molecule has 0 aromatic carbocycles. The Bertz CT molecular complexity index is 546. The van der Waals surface area contributed by atoms with Crippen LogP contribution >= 0.6 is 0 Å². The molecule has 22 heavy (non-hydrogen) atoms. The van der Waals surface area contributed by atoms with Crippen molar-refractivity contribution < 1.29 is 13.9 Å². The van der Waals surface area contributed by atoms with Gasteiger partial charge in [-0.15, -0.1) is 0 Å². The first kappa shape index (κ1) is 16.2. The summed E-state index contributed by atoms with van der Waals surface area (Å²) in [7, 11) is 0. The molecule has 1 aromatic rings. The maximum absolute atomic E-state index is 12.9. The first-order valence-corrected chi connectivity index (χ1v) is 7.16. The van der Waals surface area contributed by atoms with Crippen LogP contribution in [0.5, 0.6) is 0 Å². The summed E-state index contributed by atoms with van der Waals surface area (Å²) in [5, 5.41) is 0. The molecule has 6 nitrogen and oxygen atoms in total. The average molecular weight is 308 g/mol. The van der Waals surface area contributed by atoms with Crippen LogP contribution in [-0.2, 0) is 4.74 Å². The van der Waals surface area contributed by atoms with Crippen LogP contribution in [0.2, 0.25) is 0 Å². The van der Waals surface area contributed by atoms with Gasteiger partial charge in [-0.3, -0.25) is 0 Å². The van der Waals surface area contributed by atoms with Gasteiger partial charge in [0.25, 0.3) is 0 Å². The van der Waals surface area contributed by atoms with Crippen molar-refractivity contribution in [3.05, 3.63) is 24.5 Å². The van der Waals surface area contributed by atoms with Gasteiger partial charge in [-0.2, -0.15) is 0 Å². The molecule has 0 saturated carbocycles. The summed E-state index contributed by atoms with van der Waals surface area (Å²) in [5.74, 6) is -0.0323. The minimum Gasteiger partial charge on any atom is -0.444 e. The molecule has 0 bridgehead atoms. The molecule has 2 rings (SSSR count). The zero-order valence-electron chi connectivity index (χ0n) is 13.2. The molecule has 0 unspecified atom stereocenters. The lowest BCUT2D eigenvalue weighted by atomic mass is 10.2. The van der Waals surface area contributed by atoms with E-state index in [4.69, 9.17) is 4.74 Å². The molecular formula is C15H21FN4O2. The van der Waals surface area contributed by atoms with E-state index in [1.165, 1.54) is 12.4 Å². The van der Waals surface area contributed by atoms with Crippen molar-refractivity contribution >= 4 is 17.9 Å². The molecule has 0 spiro atoms. The highest BCUT2D eigenvalue weighted by atomic mass is 19.1. The summed E-state index contributed by atoms with van der Waals surface area (Å²) in [6.45, 7) is 11.0. The Kier molecular flexibility index (Phi) is 4.63. The highest BCUT2D eigenvalue weighted by Gasteiger charge is 2.26. The van der Waals surface area contributed by atoms with E-state index in [-0.39, 0.29) is 11.7 Å². The second kappa shape index (κ2) is 6.29. The SMILES string of the molecule is C=C(F)c1cnc(N2CCN(C(=O)OC(C)(C)C)CC2)nc1. The second-order valence-electron chi connectivity index (χ2n) is 6.13. The largest absolute Gasteiger partial charge is 0.444 e. The van der Waals surface area contributed by atoms with Crippen molar-refractivity contribution in [1.29, 1.82) is 0 Å². The number of nitrogens with zero attached hydrogens (tertiary/aromatic N) is 4. The summed E-state index contributed by atoms with van der Waals surface area (Å²) in [6.07, 6.45) is 2.51. The van der Waals surface area contributed by atoms with Crippen LogP contribution in [0.15, 0.2) is 19.0 Å². The molecule has 120 valence electrons. The van der Waals surface area contributed by atoms with Crippen LogP contribution in [0.25, 0.3) is 5.83 Å². The third-order valence-electron chi connectivity index (χ3n) is 3.17. The molecule has 2 heterocycles. The smallest absolute Gasteiger partial charge is 0.410 e. The van der Waals surface area contributed by atoms with Crippen LogP contribution in [0.3, 0.4) is 0 Å². The highest BCUT2D eigenvalue weighted by molar-refractivity contribution is 5.68. The van der Waals surface area contributed by atoms with Crippen LogP contribution in [0, 0.1) is 0 Å². The third kappa shape index (κ3) is 4.16. The number of hydrogen-bond acceptors (Lipinski definition) is 5. The number of rotatable bonds is 2. The lowest BCUT2D eigenvalue weighted by Gasteiger charge is -2.35. The van der Waals surface area contributed by atoms with Gasteiger partial charge in [-0.25, -0.2) is 19.2 Å². The van der Waals surface area contributed by atoms with E-state index in [1.807, 2.05) is 25.7 Å². The third-order valence-corrected chi connectivity index (χ3v) is 3.17. The molecule has 1 saturated heterocycles. The van der Waals surface area contributed by atoms with Gasteiger partial charge in [0, 0.05) is 44.1 Å². The van der Waals surface area contributed by atoms with Crippen molar-refractivity contribution in [2.75, 3.05) is 31.1 Å². The quantitative estimate of drug-likeness (QED) is 0.840. The summed E-state index contributed by atoms with van der Waals surface area (Å²) in [6, 6.07) is 0. The standard InChI is InChI=1S/C15H21FN4O2/c1-11(16)12-9-17-13(18-10-12)19-5-7-20(8-6-19)14(21)22-15(2,3)4/h9-10H,1,5-8H2,2-4H3. The Morgan fingerprint density at radius 2 is 1.77 bits per heavy atom. The van der Waals surface area contributed by atoms with Crippen molar-refractivity contribution in [2.45, 2.75) is 26.4 Å². The van der Waals surface area contributed by atoms with E-state index in [0.29, 0.717) is 32.1 Å². The van der Waals surface area contributed by atoms with Gasteiger partial charge in [0.2, 0.25) is 5.95 Å². The fraction of sp³-hybridized carbons (Fsp3) is 0.533. The molecule has 1 aliphatic heterocycles. The van der Waals surface area contributed by atoms with E-state index < -0.39 is 11.4 Å². The predicted octanol–water partition coefficient (Wildman–Crippen LogP) is 2.47. The van der Waals surface area contributed by atoms with Gasteiger partial charge in [0.05, 0.1) is 0 Å². The summed E-state index contributed by atoms with van der Waals surface area (Å²) >= 11 is 0. The van der Waals surface area contributed by atoms with Crippen molar-refractivity contribution in [1.82, 2.24) is 14.9 Å². The molecular weight excluding hydrogens is 287 g/mol. The second-order valence-corrected chi connectivity index (χ2v) is 6.13. The lowest BCUT2D eigenvalue weighted by molar-refractivity contribution is 0.0240. The Hall–Kier alpha value is -2.18. The maximum atomic E-state index is 12.9. The Labute approximate surface area is 129 Å². The molecule has 1 aromatic heterocycles. The average Bonchev–Trinajstić information content (AvgIpc) is 2.46. The Morgan fingerprint density at radius 1 is 1.23 bits per heavy atom. The topological polar surface area (TPSA) is 58.6 Å². The van der Waals surface area contributed by atoms with E-state index >= 15 is 0 Å². The number of aromatic nitrogens is 2. The summed E-state index contributed by atoms with van der Waals surface area (Å²) < 4.78 is 18.3. The maximum Gasteiger partial charge on any atom is 0.410 e. The lowest BCUT2D eigenvalue weighted by Crippen LogP contribution is -2.50. The molecule has 7 heteroatoms. The number of halogens is 1. The monoisotopic (exact) mass is 308 g/mol. The summed E-state index contributed by atoms with van der Waals surface area (Å²) in [5.41, 5.74) is -0.224. The van der Waals surface area contributed by atoms with Crippen LogP contribution in [-0.4, -0.2) is 52.7 Å². The number of ether oxygens (including phenoxy) is 1. The fourth-order valence-electron chi connectivity index (χ4n) is 2.04. The molecule has 0 radical (unpaired) electrons. The van der Waals surface area contributed by atoms with Gasteiger partial charge in [-0.1, -0.05) is 6.58 Å². The van der Waals surface area contributed by atoms with Gasteiger partial charge in [-0.05, 0) is 20.8 Å². The molecule has 1 fully saturated rings. The fourth-order valence-corrected chi connectivity index (χ4v) is 2.04. The van der Waals surface area contributed by atoms with E-state index in [9.17, 15) is 9.18 Å². The molecule has 1 amide bonds. The first-order chi connectivity index (χ1) is 10.3. The van der Waals surface area contributed by atoms with Gasteiger partial charge >= 0.3 is 6.09 Å². The van der Waals surface area contributed by atoms with Gasteiger partial charge in [0.1, 0.15) is 11.4 Å². The first-order valence-electron chi connectivity index (χ1n) is 7.16. The van der Waals surface area contributed by atoms with Crippen molar-refractivity contribution in [2.24, 2.45) is 0 Å². The minimum absolute atomic E-state index is 0.274. The molecule has 0 atom stereocenters. The molecule has 1 aliphatic rings.